The van der Waals surface area contributed by atoms with Crippen LogP contribution in [0.3, 0.4) is 0 Å². The third kappa shape index (κ3) is 2.64. The van der Waals surface area contributed by atoms with E-state index in [2.05, 4.69) is 48.3 Å². The summed E-state index contributed by atoms with van der Waals surface area (Å²) in [6.07, 6.45) is 6.90. The van der Waals surface area contributed by atoms with Crippen molar-refractivity contribution in [3.8, 4) is 0 Å². The van der Waals surface area contributed by atoms with E-state index in [4.69, 9.17) is 0 Å². The van der Waals surface area contributed by atoms with Crippen molar-refractivity contribution in [1.82, 2.24) is 5.32 Å². The van der Waals surface area contributed by atoms with Gasteiger partial charge in [0.25, 0.3) is 0 Å². The second kappa shape index (κ2) is 5.16. The Bertz CT molecular complexity index is 417. The Morgan fingerprint density at radius 2 is 1.79 bits per heavy atom. The third-order valence-electron chi connectivity index (χ3n) is 4.95. The van der Waals surface area contributed by atoms with E-state index >= 15 is 0 Å². The predicted molar refractivity (Wildman–Crippen MR) is 81.8 cm³/mol. The SMILES string of the molecule is Cc1ccc(N2CC3(CCCCC3)NCC2C)cc1. The summed E-state index contributed by atoms with van der Waals surface area (Å²) in [5.74, 6) is 0. The lowest BCUT2D eigenvalue weighted by atomic mass is 9.79. The summed E-state index contributed by atoms with van der Waals surface area (Å²) in [6, 6.07) is 9.63. The van der Waals surface area contributed by atoms with Crippen molar-refractivity contribution >= 4 is 5.69 Å². The van der Waals surface area contributed by atoms with Gasteiger partial charge in [0.1, 0.15) is 0 Å². The maximum absolute atomic E-state index is 3.85. The minimum atomic E-state index is 0.385. The number of benzene rings is 1. The van der Waals surface area contributed by atoms with Gasteiger partial charge in [-0.05, 0) is 38.8 Å². The van der Waals surface area contributed by atoms with Crippen LogP contribution in [0.25, 0.3) is 0 Å². The van der Waals surface area contributed by atoms with Gasteiger partial charge in [-0.15, -0.1) is 0 Å². The van der Waals surface area contributed by atoms with Gasteiger partial charge >= 0.3 is 0 Å². The average Bonchev–Trinajstić information content (AvgIpc) is 2.44. The van der Waals surface area contributed by atoms with Crippen LogP contribution in [0.5, 0.6) is 0 Å². The maximum atomic E-state index is 3.85. The molecule has 1 spiro atoms. The molecule has 1 aliphatic carbocycles. The Balaban J connectivity index is 1.80. The molecular formula is C17H26N2. The third-order valence-corrected chi connectivity index (χ3v) is 4.95. The normalized spacial score (nSPS) is 26.6. The number of hydrogen-bond donors (Lipinski definition) is 1. The topological polar surface area (TPSA) is 15.3 Å². The van der Waals surface area contributed by atoms with Gasteiger partial charge in [-0.3, -0.25) is 0 Å². The first kappa shape index (κ1) is 13.0. The smallest absolute Gasteiger partial charge is 0.0387 e. The van der Waals surface area contributed by atoms with E-state index < -0.39 is 0 Å². The zero-order valence-corrected chi connectivity index (χ0v) is 12.3. The molecule has 1 saturated carbocycles. The van der Waals surface area contributed by atoms with Gasteiger partial charge in [0.2, 0.25) is 0 Å². The second-order valence-electron chi connectivity index (χ2n) is 6.53. The summed E-state index contributed by atoms with van der Waals surface area (Å²) in [4.78, 5) is 2.61. The van der Waals surface area contributed by atoms with Crippen LogP contribution < -0.4 is 10.2 Å². The molecule has 104 valence electrons. The molecule has 2 nitrogen and oxygen atoms in total. The molecule has 1 N–H and O–H groups in total. The molecule has 0 radical (unpaired) electrons. The molecule has 1 atom stereocenters. The van der Waals surface area contributed by atoms with Crippen molar-refractivity contribution in [3.05, 3.63) is 29.8 Å². The summed E-state index contributed by atoms with van der Waals surface area (Å²) in [5.41, 5.74) is 3.12. The zero-order valence-electron chi connectivity index (χ0n) is 12.3. The number of rotatable bonds is 1. The number of nitrogens with zero attached hydrogens (tertiary/aromatic N) is 1. The van der Waals surface area contributed by atoms with Crippen LogP contribution in [-0.2, 0) is 0 Å². The maximum Gasteiger partial charge on any atom is 0.0387 e. The first-order valence-corrected chi connectivity index (χ1v) is 7.77. The molecule has 2 aliphatic rings. The van der Waals surface area contributed by atoms with Crippen LogP contribution in [0, 0.1) is 6.92 Å². The van der Waals surface area contributed by atoms with Crippen molar-refractivity contribution in [1.29, 1.82) is 0 Å². The summed E-state index contributed by atoms with van der Waals surface area (Å²) in [6.45, 7) is 6.79. The fraction of sp³-hybridized carbons (Fsp3) is 0.647. The van der Waals surface area contributed by atoms with E-state index in [1.165, 1.54) is 49.9 Å². The molecule has 19 heavy (non-hydrogen) atoms. The molecule has 0 amide bonds. The molecule has 0 aromatic heterocycles. The van der Waals surface area contributed by atoms with Crippen LogP contribution in [0.4, 0.5) is 5.69 Å². The molecule has 1 heterocycles. The number of hydrogen-bond acceptors (Lipinski definition) is 2. The van der Waals surface area contributed by atoms with Crippen LogP contribution in [-0.4, -0.2) is 24.7 Å². The molecule has 3 rings (SSSR count). The molecule has 1 aromatic carbocycles. The largest absolute Gasteiger partial charge is 0.366 e. The molecular weight excluding hydrogens is 232 g/mol. The molecule has 1 saturated heterocycles. The van der Waals surface area contributed by atoms with Gasteiger partial charge in [0.05, 0.1) is 0 Å². The van der Waals surface area contributed by atoms with Crippen molar-refractivity contribution in [2.75, 3.05) is 18.0 Å². The Hall–Kier alpha value is -1.02. The van der Waals surface area contributed by atoms with Gasteiger partial charge in [-0.25, -0.2) is 0 Å². The monoisotopic (exact) mass is 258 g/mol. The quantitative estimate of drug-likeness (QED) is 0.829. The highest BCUT2D eigenvalue weighted by molar-refractivity contribution is 5.49. The lowest BCUT2D eigenvalue weighted by molar-refractivity contribution is 0.200. The Morgan fingerprint density at radius 3 is 2.47 bits per heavy atom. The van der Waals surface area contributed by atoms with Crippen molar-refractivity contribution in [2.45, 2.75) is 57.5 Å². The predicted octanol–water partition coefficient (Wildman–Crippen LogP) is 3.50. The highest BCUT2D eigenvalue weighted by atomic mass is 15.3. The second-order valence-corrected chi connectivity index (χ2v) is 6.53. The number of anilines is 1. The fourth-order valence-electron chi connectivity index (χ4n) is 3.66. The lowest BCUT2D eigenvalue weighted by Gasteiger charge is -2.50. The minimum absolute atomic E-state index is 0.385. The van der Waals surface area contributed by atoms with Crippen LogP contribution >= 0.6 is 0 Å². The van der Waals surface area contributed by atoms with E-state index in [1.807, 2.05) is 0 Å². The summed E-state index contributed by atoms with van der Waals surface area (Å²) in [5, 5.41) is 3.85. The number of nitrogens with one attached hydrogen (secondary N) is 1. The molecule has 2 fully saturated rings. The van der Waals surface area contributed by atoms with E-state index in [9.17, 15) is 0 Å². The van der Waals surface area contributed by atoms with Crippen LogP contribution in [0.15, 0.2) is 24.3 Å². The van der Waals surface area contributed by atoms with Crippen LogP contribution in [0.1, 0.15) is 44.6 Å². The van der Waals surface area contributed by atoms with Gasteiger partial charge in [0.15, 0.2) is 0 Å². The van der Waals surface area contributed by atoms with Gasteiger partial charge in [-0.2, -0.15) is 0 Å². The molecule has 2 heteroatoms. The van der Waals surface area contributed by atoms with Crippen molar-refractivity contribution < 1.29 is 0 Å². The van der Waals surface area contributed by atoms with Gasteiger partial charge < -0.3 is 10.2 Å². The van der Waals surface area contributed by atoms with Gasteiger partial charge in [-0.1, -0.05) is 37.0 Å². The summed E-state index contributed by atoms with van der Waals surface area (Å²) < 4.78 is 0. The summed E-state index contributed by atoms with van der Waals surface area (Å²) >= 11 is 0. The first-order chi connectivity index (χ1) is 9.19. The summed E-state index contributed by atoms with van der Waals surface area (Å²) in [7, 11) is 0. The van der Waals surface area contributed by atoms with E-state index in [0.717, 1.165) is 6.54 Å². The Morgan fingerprint density at radius 1 is 1.11 bits per heavy atom. The van der Waals surface area contributed by atoms with E-state index in [1.54, 1.807) is 0 Å². The highest BCUT2D eigenvalue weighted by Crippen LogP contribution is 2.33. The lowest BCUT2D eigenvalue weighted by Crippen LogP contribution is -2.64. The first-order valence-electron chi connectivity index (χ1n) is 7.77. The number of piperazine rings is 1. The Kier molecular flexibility index (Phi) is 3.53. The molecule has 0 bridgehead atoms. The van der Waals surface area contributed by atoms with E-state index in [0.29, 0.717) is 11.6 Å². The average molecular weight is 258 g/mol. The van der Waals surface area contributed by atoms with Gasteiger partial charge in [0, 0.05) is 30.4 Å². The van der Waals surface area contributed by atoms with Crippen molar-refractivity contribution in [3.63, 3.8) is 0 Å². The van der Waals surface area contributed by atoms with E-state index in [-0.39, 0.29) is 0 Å². The minimum Gasteiger partial charge on any atom is -0.366 e. The van der Waals surface area contributed by atoms with Crippen LogP contribution in [0.2, 0.25) is 0 Å². The number of aryl methyl sites for hydroxylation is 1. The zero-order chi connectivity index (χ0) is 13.3. The Labute approximate surface area is 117 Å². The molecule has 1 aliphatic heterocycles. The standard InChI is InChI=1S/C17H26N2/c1-14-6-8-16(9-7-14)19-13-17(18-12-15(19)2)10-4-3-5-11-17/h6-9,15,18H,3-5,10-13H2,1-2H3. The highest BCUT2D eigenvalue weighted by Gasteiger charge is 2.38. The van der Waals surface area contributed by atoms with Crippen molar-refractivity contribution in [2.24, 2.45) is 0 Å². The molecule has 1 unspecified atom stereocenters. The fourth-order valence-corrected chi connectivity index (χ4v) is 3.66. The molecule has 1 aromatic rings.